The van der Waals surface area contributed by atoms with E-state index in [1.54, 1.807) is 0 Å². The van der Waals surface area contributed by atoms with Crippen molar-refractivity contribution >= 4 is 5.97 Å². The first-order valence-electron chi connectivity index (χ1n) is 4.48. The molecule has 0 amide bonds. The van der Waals surface area contributed by atoms with Gasteiger partial charge in [-0.05, 0) is 38.3 Å². The van der Waals surface area contributed by atoms with Gasteiger partial charge in [0.05, 0.1) is 5.92 Å². The minimum absolute atomic E-state index is 0.230. The highest BCUT2D eigenvalue weighted by Crippen LogP contribution is 2.24. The molecule has 0 aromatic carbocycles. The molecule has 0 spiro atoms. The number of rotatable bonds is 3. The first-order valence-corrected chi connectivity index (χ1v) is 4.48. The lowest BCUT2D eigenvalue weighted by Crippen LogP contribution is -2.34. The van der Waals surface area contributed by atoms with Crippen LogP contribution in [0.25, 0.3) is 0 Å². The van der Waals surface area contributed by atoms with Crippen LogP contribution < -0.4 is 5.32 Å². The average Bonchev–Trinajstić information content (AvgIpc) is 2.07. The summed E-state index contributed by atoms with van der Waals surface area (Å²) in [5, 5.41) is 12.1. The predicted molar refractivity (Wildman–Crippen MR) is 46.7 cm³/mol. The molecule has 1 rings (SSSR count). The van der Waals surface area contributed by atoms with Crippen LogP contribution in [-0.4, -0.2) is 24.2 Å². The topological polar surface area (TPSA) is 49.3 Å². The van der Waals surface area contributed by atoms with Gasteiger partial charge in [0, 0.05) is 0 Å². The zero-order valence-corrected chi connectivity index (χ0v) is 7.25. The Morgan fingerprint density at radius 2 is 2.17 bits per heavy atom. The second-order valence-corrected chi connectivity index (χ2v) is 3.32. The molecule has 1 heterocycles. The highest BCUT2D eigenvalue weighted by Gasteiger charge is 2.27. The van der Waals surface area contributed by atoms with Crippen molar-refractivity contribution < 1.29 is 9.90 Å². The smallest absolute Gasteiger partial charge is 0.306 e. The molecule has 0 bridgehead atoms. The van der Waals surface area contributed by atoms with Crippen LogP contribution in [0.2, 0.25) is 0 Å². The van der Waals surface area contributed by atoms with Crippen LogP contribution in [0.15, 0.2) is 0 Å². The number of aliphatic carboxylic acids is 1. The molecule has 3 nitrogen and oxygen atoms in total. The molecule has 0 aromatic rings. The second kappa shape index (κ2) is 4.45. The van der Waals surface area contributed by atoms with Gasteiger partial charge in [-0.15, -0.1) is 0 Å². The predicted octanol–water partition coefficient (Wildman–Crippen LogP) is 0.911. The van der Waals surface area contributed by atoms with Crippen LogP contribution in [0.3, 0.4) is 0 Å². The normalized spacial score (nSPS) is 22.1. The van der Waals surface area contributed by atoms with Crippen LogP contribution in [-0.2, 0) is 4.79 Å². The van der Waals surface area contributed by atoms with Crippen LogP contribution in [0, 0.1) is 18.8 Å². The third-order valence-corrected chi connectivity index (χ3v) is 2.58. The maximum atomic E-state index is 10.8. The number of piperidine rings is 1. The number of nitrogens with one attached hydrogen (secondary N) is 1. The van der Waals surface area contributed by atoms with Crippen LogP contribution in [0.1, 0.15) is 19.3 Å². The monoisotopic (exact) mass is 170 g/mol. The highest BCUT2D eigenvalue weighted by atomic mass is 16.4. The zero-order valence-electron chi connectivity index (χ0n) is 7.25. The highest BCUT2D eigenvalue weighted by molar-refractivity contribution is 5.70. The summed E-state index contributed by atoms with van der Waals surface area (Å²) >= 11 is 0. The molecule has 3 heteroatoms. The molecule has 69 valence electrons. The van der Waals surface area contributed by atoms with Gasteiger partial charge < -0.3 is 10.4 Å². The van der Waals surface area contributed by atoms with E-state index in [1.807, 2.05) is 0 Å². The standard InChI is InChI=1S/C9H16NO2/c1-2-8(9(11)12)7-3-5-10-6-4-7/h7-8,10H,1-6H2,(H,11,12)/t8-/m0/s1. The Balaban J connectivity index is 2.46. The fraction of sp³-hybridized carbons (Fsp3) is 0.778. The largest absolute Gasteiger partial charge is 0.481 e. The van der Waals surface area contributed by atoms with Crippen molar-refractivity contribution in [3.63, 3.8) is 0 Å². The Morgan fingerprint density at radius 1 is 1.58 bits per heavy atom. The van der Waals surface area contributed by atoms with Crippen molar-refractivity contribution in [2.24, 2.45) is 11.8 Å². The molecular weight excluding hydrogens is 154 g/mol. The number of carboxylic acid groups (broad SMARTS) is 1. The quantitative estimate of drug-likeness (QED) is 0.662. The lowest BCUT2D eigenvalue weighted by atomic mass is 9.83. The number of hydrogen-bond donors (Lipinski definition) is 2. The number of carboxylic acids is 1. The summed E-state index contributed by atoms with van der Waals surface area (Å²) in [5.41, 5.74) is 0. The van der Waals surface area contributed by atoms with Gasteiger partial charge in [0.25, 0.3) is 0 Å². The second-order valence-electron chi connectivity index (χ2n) is 3.32. The molecule has 12 heavy (non-hydrogen) atoms. The summed E-state index contributed by atoms with van der Waals surface area (Å²) in [6, 6.07) is 0. The molecule has 1 fully saturated rings. The number of hydrogen-bond acceptors (Lipinski definition) is 2. The molecule has 1 aliphatic heterocycles. The lowest BCUT2D eigenvalue weighted by molar-refractivity contribution is -0.143. The van der Waals surface area contributed by atoms with Crippen molar-refractivity contribution in [1.82, 2.24) is 5.32 Å². The Hall–Kier alpha value is -0.570. The summed E-state index contributed by atoms with van der Waals surface area (Å²) < 4.78 is 0. The molecular formula is C9H16NO2. The van der Waals surface area contributed by atoms with Gasteiger partial charge in [-0.2, -0.15) is 0 Å². The third-order valence-electron chi connectivity index (χ3n) is 2.58. The Morgan fingerprint density at radius 3 is 2.58 bits per heavy atom. The zero-order chi connectivity index (χ0) is 8.97. The first-order chi connectivity index (χ1) is 5.75. The summed E-state index contributed by atoms with van der Waals surface area (Å²) in [6.07, 6.45) is 2.47. The van der Waals surface area contributed by atoms with Gasteiger partial charge in [-0.1, -0.05) is 6.92 Å². The minimum atomic E-state index is -0.683. The molecule has 2 N–H and O–H groups in total. The van der Waals surface area contributed by atoms with Crippen molar-refractivity contribution in [3.8, 4) is 0 Å². The summed E-state index contributed by atoms with van der Waals surface area (Å²) in [7, 11) is 0. The summed E-state index contributed by atoms with van der Waals surface area (Å²) in [4.78, 5) is 10.8. The summed E-state index contributed by atoms with van der Waals surface area (Å²) in [5.74, 6) is -0.578. The van der Waals surface area contributed by atoms with E-state index in [9.17, 15) is 4.79 Å². The molecule has 0 unspecified atom stereocenters. The maximum absolute atomic E-state index is 10.8. The third kappa shape index (κ3) is 2.21. The molecule has 1 aliphatic rings. The maximum Gasteiger partial charge on any atom is 0.306 e. The molecule has 1 atom stereocenters. The van der Waals surface area contributed by atoms with Crippen LogP contribution >= 0.6 is 0 Å². The summed E-state index contributed by atoms with van der Waals surface area (Å²) in [6.45, 7) is 5.59. The van der Waals surface area contributed by atoms with E-state index >= 15 is 0 Å². The Kier molecular flexibility index (Phi) is 3.53. The molecule has 0 aromatic heterocycles. The minimum Gasteiger partial charge on any atom is -0.481 e. The van der Waals surface area contributed by atoms with E-state index in [0.29, 0.717) is 12.3 Å². The van der Waals surface area contributed by atoms with Gasteiger partial charge in [-0.3, -0.25) is 4.79 Å². The van der Waals surface area contributed by atoms with Crippen LogP contribution in [0.4, 0.5) is 0 Å². The van der Waals surface area contributed by atoms with Gasteiger partial charge >= 0.3 is 5.97 Å². The Bertz CT molecular complexity index is 153. The van der Waals surface area contributed by atoms with E-state index in [2.05, 4.69) is 12.2 Å². The van der Waals surface area contributed by atoms with Gasteiger partial charge in [0.15, 0.2) is 0 Å². The van der Waals surface area contributed by atoms with E-state index in [1.165, 1.54) is 0 Å². The van der Waals surface area contributed by atoms with E-state index < -0.39 is 5.97 Å². The van der Waals surface area contributed by atoms with Gasteiger partial charge in [-0.25, -0.2) is 0 Å². The van der Waals surface area contributed by atoms with E-state index in [4.69, 9.17) is 5.11 Å². The fourth-order valence-corrected chi connectivity index (χ4v) is 1.81. The molecule has 1 saturated heterocycles. The van der Waals surface area contributed by atoms with Crippen LogP contribution in [0.5, 0.6) is 0 Å². The average molecular weight is 170 g/mol. The van der Waals surface area contributed by atoms with E-state index in [0.717, 1.165) is 25.9 Å². The fourth-order valence-electron chi connectivity index (χ4n) is 1.81. The molecule has 0 saturated carbocycles. The first kappa shape index (κ1) is 9.52. The molecule has 0 aliphatic carbocycles. The molecule has 1 radical (unpaired) electrons. The van der Waals surface area contributed by atoms with Crippen molar-refractivity contribution in [3.05, 3.63) is 6.92 Å². The lowest BCUT2D eigenvalue weighted by Gasteiger charge is -2.27. The van der Waals surface area contributed by atoms with E-state index in [-0.39, 0.29) is 5.92 Å². The van der Waals surface area contributed by atoms with Crippen molar-refractivity contribution in [1.29, 1.82) is 0 Å². The van der Waals surface area contributed by atoms with Crippen molar-refractivity contribution in [2.75, 3.05) is 13.1 Å². The Labute approximate surface area is 73.2 Å². The van der Waals surface area contributed by atoms with Crippen molar-refractivity contribution in [2.45, 2.75) is 19.3 Å². The van der Waals surface area contributed by atoms with Gasteiger partial charge in [0.2, 0.25) is 0 Å². The number of carbonyl (C=O) groups is 1. The SMILES string of the molecule is [CH2]C[C@H](C(=O)O)C1CCNCC1. The van der Waals surface area contributed by atoms with Gasteiger partial charge in [0.1, 0.15) is 0 Å².